The van der Waals surface area contributed by atoms with Gasteiger partial charge in [-0.1, -0.05) is 23.8 Å². The van der Waals surface area contributed by atoms with Crippen LogP contribution in [0.2, 0.25) is 0 Å². The molecule has 114 valence electrons. The molecule has 1 saturated carbocycles. The molecule has 3 heteroatoms. The fraction of sp³-hybridized carbons (Fsp3) is 0.556. The van der Waals surface area contributed by atoms with Crippen molar-refractivity contribution < 1.29 is 9.84 Å². The van der Waals surface area contributed by atoms with Gasteiger partial charge in [0.15, 0.2) is 0 Å². The van der Waals surface area contributed by atoms with E-state index in [0.29, 0.717) is 11.9 Å². The Hall–Kier alpha value is -1.32. The fourth-order valence-corrected chi connectivity index (χ4v) is 3.73. The molecule has 1 aromatic carbocycles. The molecule has 1 aromatic rings. The van der Waals surface area contributed by atoms with Gasteiger partial charge in [0.1, 0.15) is 5.76 Å². The van der Waals surface area contributed by atoms with E-state index in [9.17, 15) is 5.11 Å². The summed E-state index contributed by atoms with van der Waals surface area (Å²) in [7, 11) is 1.78. The largest absolute Gasteiger partial charge is 0.510 e. The smallest absolute Gasteiger partial charge is 0.117 e. The topological polar surface area (TPSA) is 41.5 Å². The third kappa shape index (κ3) is 2.49. The highest BCUT2D eigenvalue weighted by Crippen LogP contribution is 2.41. The fourth-order valence-electron chi connectivity index (χ4n) is 3.73. The maximum atomic E-state index is 10.9. The molecule has 2 N–H and O–H groups in total. The molecule has 2 aliphatic rings. The van der Waals surface area contributed by atoms with Crippen LogP contribution in [-0.4, -0.2) is 30.4 Å². The molecule has 0 radical (unpaired) electrons. The van der Waals surface area contributed by atoms with Crippen LogP contribution in [0.3, 0.4) is 0 Å². The van der Waals surface area contributed by atoms with Crippen molar-refractivity contribution in [2.75, 3.05) is 13.7 Å². The maximum Gasteiger partial charge on any atom is 0.117 e. The summed E-state index contributed by atoms with van der Waals surface area (Å²) in [5.41, 5.74) is 4.50. The Morgan fingerprint density at radius 2 is 1.95 bits per heavy atom. The lowest BCUT2D eigenvalue weighted by Crippen LogP contribution is -2.46. The van der Waals surface area contributed by atoms with Crippen molar-refractivity contribution in [1.29, 1.82) is 0 Å². The molecular weight excluding hydrogens is 262 g/mol. The third-order valence-electron chi connectivity index (χ3n) is 5.18. The van der Waals surface area contributed by atoms with Gasteiger partial charge in [-0.25, -0.2) is 0 Å². The second kappa shape index (κ2) is 5.47. The minimum atomic E-state index is -0.222. The maximum absolute atomic E-state index is 10.9. The summed E-state index contributed by atoms with van der Waals surface area (Å²) in [4.78, 5) is 0. The van der Waals surface area contributed by atoms with Gasteiger partial charge in [-0.05, 0) is 50.7 Å². The number of ether oxygens (including phenoxy) is 1. The van der Waals surface area contributed by atoms with Crippen molar-refractivity contribution in [3.8, 4) is 0 Å². The molecule has 0 aromatic heterocycles. The zero-order valence-electron chi connectivity index (χ0n) is 13.2. The van der Waals surface area contributed by atoms with Crippen molar-refractivity contribution >= 4 is 5.57 Å². The van der Waals surface area contributed by atoms with Crippen LogP contribution in [0.5, 0.6) is 0 Å². The lowest BCUT2D eigenvalue weighted by Gasteiger charge is -2.37. The van der Waals surface area contributed by atoms with Crippen LogP contribution in [0.25, 0.3) is 5.57 Å². The molecule has 1 fully saturated rings. The Morgan fingerprint density at radius 3 is 2.62 bits per heavy atom. The zero-order chi connectivity index (χ0) is 15.0. The summed E-state index contributed by atoms with van der Waals surface area (Å²) in [6, 6.07) is 6.44. The Balaban J connectivity index is 1.92. The highest BCUT2D eigenvalue weighted by molar-refractivity contribution is 5.75. The van der Waals surface area contributed by atoms with Gasteiger partial charge in [-0.2, -0.15) is 0 Å². The van der Waals surface area contributed by atoms with Crippen molar-refractivity contribution in [3.05, 3.63) is 40.6 Å². The first kappa shape index (κ1) is 14.6. The molecule has 3 nitrogen and oxygen atoms in total. The molecule has 0 atom stereocenters. The standard InChI is InChI=1S/C18H25NO2/c1-12-4-5-13(2)15(10-12)16-11-19-18(17(16)20)8-6-14(21-3)7-9-18/h4-5,10,14,19-20H,6-9,11H2,1-3H3. The van der Waals surface area contributed by atoms with Gasteiger partial charge in [-0.3, -0.25) is 0 Å². The van der Waals surface area contributed by atoms with Gasteiger partial charge < -0.3 is 15.2 Å². The highest BCUT2D eigenvalue weighted by Gasteiger charge is 2.44. The van der Waals surface area contributed by atoms with Crippen molar-refractivity contribution in [2.24, 2.45) is 0 Å². The number of hydrogen-bond donors (Lipinski definition) is 2. The number of benzene rings is 1. The molecule has 0 amide bonds. The first-order valence-electron chi connectivity index (χ1n) is 7.84. The van der Waals surface area contributed by atoms with Gasteiger partial charge in [0.25, 0.3) is 0 Å². The minimum Gasteiger partial charge on any atom is -0.510 e. The van der Waals surface area contributed by atoms with Crippen molar-refractivity contribution in [1.82, 2.24) is 5.32 Å². The lowest BCUT2D eigenvalue weighted by molar-refractivity contribution is 0.0439. The van der Waals surface area contributed by atoms with Gasteiger partial charge in [-0.15, -0.1) is 0 Å². The second-order valence-electron chi connectivity index (χ2n) is 6.52. The normalized spacial score (nSPS) is 29.4. The summed E-state index contributed by atoms with van der Waals surface area (Å²) >= 11 is 0. The van der Waals surface area contributed by atoms with Crippen LogP contribution >= 0.6 is 0 Å². The first-order chi connectivity index (χ1) is 10.1. The van der Waals surface area contributed by atoms with Gasteiger partial charge in [0, 0.05) is 19.2 Å². The predicted octanol–water partition coefficient (Wildman–Crippen LogP) is 3.50. The van der Waals surface area contributed by atoms with Gasteiger partial charge >= 0.3 is 0 Å². The highest BCUT2D eigenvalue weighted by atomic mass is 16.5. The molecule has 0 unspecified atom stereocenters. The SMILES string of the molecule is COC1CCC2(CC1)NCC(c1cc(C)ccc1C)=C2O. The number of aliphatic hydroxyl groups excluding tert-OH is 1. The third-order valence-corrected chi connectivity index (χ3v) is 5.18. The van der Waals surface area contributed by atoms with Crippen LogP contribution in [0.1, 0.15) is 42.4 Å². The van der Waals surface area contributed by atoms with Crippen LogP contribution in [0.15, 0.2) is 24.0 Å². The quantitative estimate of drug-likeness (QED) is 0.874. The van der Waals surface area contributed by atoms with Gasteiger partial charge in [0.05, 0.1) is 11.6 Å². The average molecular weight is 287 g/mol. The van der Waals surface area contributed by atoms with E-state index in [2.05, 4.69) is 37.4 Å². The number of aliphatic hydroxyl groups is 1. The molecule has 1 aliphatic carbocycles. The summed E-state index contributed by atoms with van der Waals surface area (Å²) in [5.74, 6) is 0.561. The number of methoxy groups -OCH3 is 1. The number of rotatable bonds is 2. The van der Waals surface area contributed by atoms with E-state index in [0.717, 1.165) is 37.8 Å². The van der Waals surface area contributed by atoms with Crippen molar-refractivity contribution in [2.45, 2.75) is 51.2 Å². The number of nitrogens with one attached hydrogen (secondary N) is 1. The molecule has 0 bridgehead atoms. The molecule has 1 heterocycles. The van der Waals surface area contributed by atoms with Crippen molar-refractivity contribution in [3.63, 3.8) is 0 Å². The van der Waals surface area contributed by atoms with E-state index in [-0.39, 0.29) is 5.54 Å². The molecule has 21 heavy (non-hydrogen) atoms. The Labute approximate surface area is 127 Å². The molecule has 3 rings (SSSR count). The van der Waals surface area contributed by atoms with Crippen LogP contribution in [0, 0.1) is 13.8 Å². The minimum absolute atomic E-state index is 0.222. The summed E-state index contributed by atoms with van der Waals surface area (Å²) in [5, 5.41) is 14.5. The number of hydrogen-bond acceptors (Lipinski definition) is 3. The molecular formula is C18H25NO2. The predicted molar refractivity (Wildman–Crippen MR) is 85.5 cm³/mol. The summed E-state index contributed by atoms with van der Waals surface area (Å²) in [6.45, 7) is 4.97. The lowest BCUT2D eigenvalue weighted by atomic mass is 9.79. The molecule has 1 spiro atoms. The zero-order valence-corrected chi connectivity index (χ0v) is 13.2. The summed E-state index contributed by atoms with van der Waals surface area (Å²) in [6.07, 6.45) is 4.26. The Bertz CT molecular complexity index is 569. The van der Waals surface area contributed by atoms with Crippen LogP contribution < -0.4 is 5.32 Å². The van der Waals surface area contributed by atoms with E-state index < -0.39 is 0 Å². The van der Waals surface area contributed by atoms with E-state index in [1.54, 1.807) is 7.11 Å². The van der Waals surface area contributed by atoms with E-state index in [1.165, 1.54) is 16.7 Å². The van der Waals surface area contributed by atoms with Gasteiger partial charge in [0.2, 0.25) is 0 Å². The number of aryl methyl sites for hydroxylation is 2. The van der Waals surface area contributed by atoms with E-state index in [1.807, 2.05) is 0 Å². The average Bonchev–Trinajstić information content (AvgIpc) is 2.80. The Kier molecular flexibility index (Phi) is 3.80. The first-order valence-corrected chi connectivity index (χ1v) is 7.84. The monoisotopic (exact) mass is 287 g/mol. The Morgan fingerprint density at radius 1 is 1.24 bits per heavy atom. The van der Waals surface area contributed by atoms with E-state index >= 15 is 0 Å². The second-order valence-corrected chi connectivity index (χ2v) is 6.52. The van der Waals surface area contributed by atoms with Crippen LogP contribution in [-0.2, 0) is 4.74 Å². The van der Waals surface area contributed by atoms with Crippen LogP contribution in [0.4, 0.5) is 0 Å². The van der Waals surface area contributed by atoms with E-state index in [4.69, 9.17) is 4.74 Å². The molecule has 1 aliphatic heterocycles. The summed E-state index contributed by atoms with van der Waals surface area (Å²) < 4.78 is 5.45. The molecule has 0 saturated heterocycles.